The van der Waals surface area contributed by atoms with Crippen LogP contribution in [0.5, 0.6) is 0 Å². The molecule has 0 saturated carbocycles. The van der Waals surface area contributed by atoms with Crippen molar-refractivity contribution in [2.24, 2.45) is 0 Å². The molecule has 0 bridgehead atoms. The van der Waals surface area contributed by atoms with Crippen molar-refractivity contribution in [3.05, 3.63) is 63.6 Å². The summed E-state index contributed by atoms with van der Waals surface area (Å²) in [5, 5.41) is 0. The van der Waals surface area contributed by atoms with Crippen LogP contribution < -0.4 is 5.73 Å². The predicted molar refractivity (Wildman–Crippen MR) is 74.0 cm³/mol. The molecular weight excluding hydrogens is 332 g/mol. The summed E-state index contributed by atoms with van der Waals surface area (Å²) in [7, 11) is 0. The third kappa shape index (κ3) is 3.14. The van der Waals surface area contributed by atoms with E-state index in [4.69, 9.17) is 10.5 Å². The summed E-state index contributed by atoms with van der Waals surface area (Å²) in [6.07, 6.45) is 0. The highest BCUT2D eigenvalue weighted by molar-refractivity contribution is 9.10. The molecule has 2 aromatic carbocycles. The lowest BCUT2D eigenvalue weighted by Gasteiger charge is -2.08. The largest absolute Gasteiger partial charge is 0.457 e. The van der Waals surface area contributed by atoms with Gasteiger partial charge in [-0.15, -0.1) is 0 Å². The fourth-order valence-electron chi connectivity index (χ4n) is 1.56. The highest BCUT2D eigenvalue weighted by Gasteiger charge is 2.12. The minimum absolute atomic E-state index is 0.103. The summed E-state index contributed by atoms with van der Waals surface area (Å²) in [6, 6.07) is 7.98. The molecule has 2 N–H and O–H groups in total. The first-order valence-electron chi connectivity index (χ1n) is 5.64. The molecule has 2 rings (SSSR count). The van der Waals surface area contributed by atoms with Gasteiger partial charge >= 0.3 is 5.97 Å². The van der Waals surface area contributed by atoms with E-state index >= 15 is 0 Å². The van der Waals surface area contributed by atoms with Crippen molar-refractivity contribution in [2.75, 3.05) is 5.73 Å². The molecule has 104 valence electrons. The third-order valence-electron chi connectivity index (χ3n) is 2.62. The number of esters is 1. The lowest BCUT2D eigenvalue weighted by molar-refractivity contribution is 0.0471. The first-order chi connectivity index (χ1) is 9.49. The SMILES string of the molecule is Nc1cc(C(=O)OCc2cccc(F)c2Br)ccc1F. The molecule has 20 heavy (non-hydrogen) atoms. The second-order valence-electron chi connectivity index (χ2n) is 4.03. The molecule has 3 nitrogen and oxygen atoms in total. The van der Waals surface area contributed by atoms with E-state index in [0.29, 0.717) is 5.56 Å². The Morgan fingerprint density at radius 2 is 1.95 bits per heavy atom. The minimum Gasteiger partial charge on any atom is -0.457 e. The molecule has 0 aliphatic heterocycles. The summed E-state index contributed by atoms with van der Waals surface area (Å²) >= 11 is 3.07. The molecule has 0 unspecified atom stereocenters. The molecule has 2 aromatic rings. The van der Waals surface area contributed by atoms with Crippen molar-refractivity contribution in [2.45, 2.75) is 6.61 Å². The molecule has 0 aliphatic rings. The maximum atomic E-state index is 13.3. The molecule has 0 fully saturated rings. The molecular formula is C14H10BrF2NO2. The van der Waals surface area contributed by atoms with Gasteiger partial charge in [0.2, 0.25) is 0 Å². The number of nitrogens with two attached hydrogens (primary N) is 1. The van der Waals surface area contributed by atoms with E-state index in [0.717, 1.165) is 6.07 Å². The number of halogens is 3. The molecule has 0 amide bonds. The summed E-state index contributed by atoms with van der Waals surface area (Å²) in [5.41, 5.74) is 5.87. The van der Waals surface area contributed by atoms with Gasteiger partial charge in [-0.05, 0) is 40.2 Å². The maximum Gasteiger partial charge on any atom is 0.338 e. The van der Waals surface area contributed by atoms with Gasteiger partial charge in [0.1, 0.15) is 18.2 Å². The Bertz CT molecular complexity index is 662. The fraction of sp³-hybridized carbons (Fsp3) is 0.0714. The number of anilines is 1. The van der Waals surface area contributed by atoms with Crippen LogP contribution in [0.2, 0.25) is 0 Å². The standard InChI is InChI=1S/C14H10BrF2NO2/c15-13-9(2-1-3-11(13)17)7-20-14(19)8-4-5-10(16)12(18)6-8/h1-6H,7,18H2. The number of hydrogen-bond acceptors (Lipinski definition) is 3. The van der Waals surface area contributed by atoms with Gasteiger partial charge in [-0.1, -0.05) is 12.1 Å². The van der Waals surface area contributed by atoms with Gasteiger partial charge in [0, 0.05) is 5.56 Å². The van der Waals surface area contributed by atoms with E-state index in [1.54, 1.807) is 6.07 Å². The molecule has 0 radical (unpaired) electrons. The van der Waals surface area contributed by atoms with E-state index in [1.165, 1.54) is 24.3 Å². The summed E-state index contributed by atoms with van der Waals surface area (Å²) < 4.78 is 31.5. The highest BCUT2D eigenvalue weighted by atomic mass is 79.9. The first kappa shape index (κ1) is 14.5. The van der Waals surface area contributed by atoms with Crippen molar-refractivity contribution in [1.82, 2.24) is 0 Å². The number of carbonyl (C=O) groups excluding carboxylic acids is 1. The summed E-state index contributed by atoms with van der Waals surface area (Å²) in [6.45, 7) is -0.103. The van der Waals surface area contributed by atoms with Crippen molar-refractivity contribution in [3.63, 3.8) is 0 Å². The summed E-state index contributed by atoms with van der Waals surface area (Å²) in [5.74, 6) is -1.70. The Balaban J connectivity index is 2.08. The lowest BCUT2D eigenvalue weighted by Crippen LogP contribution is -2.07. The quantitative estimate of drug-likeness (QED) is 0.684. The van der Waals surface area contributed by atoms with Crippen LogP contribution in [-0.4, -0.2) is 5.97 Å². The monoisotopic (exact) mass is 341 g/mol. The van der Waals surface area contributed by atoms with Crippen LogP contribution >= 0.6 is 15.9 Å². The van der Waals surface area contributed by atoms with Crippen LogP contribution in [0.1, 0.15) is 15.9 Å². The number of rotatable bonds is 3. The van der Waals surface area contributed by atoms with E-state index in [2.05, 4.69) is 15.9 Å². The molecule has 6 heteroatoms. The Morgan fingerprint density at radius 3 is 2.65 bits per heavy atom. The van der Waals surface area contributed by atoms with E-state index in [-0.39, 0.29) is 22.3 Å². The average molecular weight is 342 g/mol. The van der Waals surface area contributed by atoms with E-state index in [1.807, 2.05) is 0 Å². The van der Waals surface area contributed by atoms with E-state index < -0.39 is 17.6 Å². The molecule has 0 saturated heterocycles. The second kappa shape index (κ2) is 6.00. The van der Waals surface area contributed by atoms with Gasteiger partial charge in [-0.2, -0.15) is 0 Å². The Hall–Kier alpha value is -1.95. The first-order valence-corrected chi connectivity index (χ1v) is 6.43. The fourth-order valence-corrected chi connectivity index (χ4v) is 1.94. The number of hydrogen-bond donors (Lipinski definition) is 1. The molecule has 0 aromatic heterocycles. The lowest BCUT2D eigenvalue weighted by atomic mass is 10.2. The van der Waals surface area contributed by atoms with Crippen molar-refractivity contribution >= 4 is 27.6 Å². The van der Waals surface area contributed by atoms with Gasteiger partial charge in [-0.3, -0.25) is 0 Å². The van der Waals surface area contributed by atoms with Crippen molar-refractivity contribution in [1.29, 1.82) is 0 Å². The predicted octanol–water partition coefficient (Wildman–Crippen LogP) is 3.67. The average Bonchev–Trinajstić information content (AvgIpc) is 2.43. The van der Waals surface area contributed by atoms with E-state index in [9.17, 15) is 13.6 Å². The van der Waals surface area contributed by atoms with Crippen LogP contribution in [0.4, 0.5) is 14.5 Å². The van der Waals surface area contributed by atoms with Gasteiger partial charge in [0.05, 0.1) is 15.7 Å². The molecule has 0 spiro atoms. The van der Waals surface area contributed by atoms with Gasteiger partial charge in [0.15, 0.2) is 0 Å². The topological polar surface area (TPSA) is 52.3 Å². The highest BCUT2D eigenvalue weighted by Crippen LogP contribution is 2.21. The zero-order chi connectivity index (χ0) is 14.7. The molecule has 0 heterocycles. The number of carbonyl (C=O) groups is 1. The van der Waals surface area contributed by atoms with Crippen molar-refractivity contribution < 1.29 is 18.3 Å². The van der Waals surface area contributed by atoms with Gasteiger partial charge in [-0.25, -0.2) is 13.6 Å². The maximum absolute atomic E-state index is 13.3. The third-order valence-corrected chi connectivity index (χ3v) is 3.51. The van der Waals surface area contributed by atoms with Gasteiger partial charge < -0.3 is 10.5 Å². The number of benzene rings is 2. The van der Waals surface area contributed by atoms with Gasteiger partial charge in [0.25, 0.3) is 0 Å². The van der Waals surface area contributed by atoms with Crippen LogP contribution in [0, 0.1) is 11.6 Å². The van der Waals surface area contributed by atoms with Crippen LogP contribution in [0.25, 0.3) is 0 Å². The zero-order valence-corrected chi connectivity index (χ0v) is 11.8. The Kier molecular flexibility index (Phi) is 4.34. The van der Waals surface area contributed by atoms with Crippen molar-refractivity contribution in [3.8, 4) is 0 Å². The number of ether oxygens (including phenoxy) is 1. The Morgan fingerprint density at radius 1 is 1.20 bits per heavy atom. The normalized spacial score (nSPS) is 10.3. The minimum atomic E-state index is -0.659. The van der Waals surface area contributed by atoms with Crippen LogP contribution in [0.15, 0.2) is 40.9 Å². The Labute approximate surface area is 122 Å². The molecule has 0 aliphatic carbocycles. The second-order valence-corrected chi connectivity index (χ2v) is 4.82. The molecule has 0 atom stereocenters. The van der Waals surface area contributed by atoms with Crippen LogP contribution in [0.3, 0.4) is 0 Å². The smallest absolute Gasteiger partial charge is 0.338 e. The zero-order valence-electron chi connectivity index (χ0n) is 10.2. The van der Waals surface area contributed by atoms with Crippen LogP contribution in [-0.2, 0) is 11.3 Å². The number of nitrogen functional groups attached to an aromatic ring is 1. The summed E-state index contributed by atoms with van der Waals surface area (Å²) in [4.78, 5) is 11.8.